The highest BCUT2D eigenvalue weighted by atomic mass is 35.5. The number of carbonyl (C=O) groups excluding carboxylic acids is 1. The fraction of sp³-hybridized carbons (Fsp3) is 0.217. The number of hydrogen-bond acceptors (Lipinski definition) is 5. The molecule has 0 atom stereocenters. The van der Waals surface area contributed by atoms with Crippen LogP contribution in [0.5, 0.6) is 17.2 Å². The quantitative estimate of drug-likeness (QED) is 0.518. The number of pyridine rings is 1. The molecule has 3 aromatic rings. The van der Waals surface area contributed by atoms with Crippen LogP contribution in [-0.2, 0) is 4.79 Å². The second-order valence-corrected chi connectivity index (χ2v) is 7.68. The zero-order valence-corrected chi connectivity index (χ0v) is 18.9. The Bertz CT molecular complexity index is 1150. The van der Waals surface area contributed by atoms with Gasteiger partial charge >= 0.3 is 0 Å². The number of carbonyl (C=O) groups is 1. The lowest BCUT2D eigenvalue weighted by Crippen LogP contribution is -2.27. The number of benzene rings is 2. The fourth-order valence-electron chi connectivity index (χ4n) is 2.78. The van der Waals surface area contributed by atoms with E-state index in [1.165, 1.54) is 11.0 Å². The van der Waals surface area contributed by atoms with Crippen LogP contribution in [0.25, 0.3) is 23.1 Å². The second kappa shape index (κ2) is 9.90. The number of hydrogen-bond donors (Lipinski definition) is 1. The zero-order chi connectivity index (χ0) is 22.5. The lowest BCUT2D eigenvalue weighted by molar-refractivity contribution is -0.130. The smallest absolute Gasteiger partial charge is 0.259 e. The molecule has 0 fully saturated rings. The highest BCUT2D eigenvalue weighted by molar-refractivity contribution is 6.39. The molecule has 0 aliphatic heterocycles. The molecule has 1 amide bonds. The maximum atomic E-state index is 11.8. The highest BCUT2D eigenvalue weighted by Crippen LogP contribution is 2.36. The first-order valence-electron chi connectivity index (χ1n) is 9.55. The van der Waals surface area contributed by atoms with E-state index in [4.69, 9.17) is 32.7 Å². The molecule has 0 spiro atoms. The number of ether oxygens (including phenoxy) is 2. The van der Waals surface area contributed by atoms with Crippen molar-refractivity contribution in [2.24, 2.45) is 0 Å². The maximum Gasteiger partial charge on any atom is 0.259 e. The molecule has 6 nitrogen and oxygen atoms in total. The number of halogens is 2. The van der Waals surface area contributed by atoms with Crippen LogP contribution in [0.3, 0.4) is 0 Å². The average molecular weight is 461 g/mol. The first-order chi connectivity index (χ1) is 14.8. The molecule has 31 heavy (non-hydrogen) atoms. The normalized spacial score (nSPS) is 11.1. The number of phenolic OH excluding ortho intramolecular Hbond substituents is 1. The summed E-state index contributed by atoms with van der Waals surface area (Å²) in [6, 6.07) is 10.5. The molecule has 0 aliphatic rings. The molecule has 0 unspecified atom stereocenters. The van der Waals surface area contributed by atoms with Crippen molar-refractivity contribution in [3.63, 3.8) is 0 Å². The zero-order valence-electron chi connectivity index (χ0n) is 17.4. The van der Waals surface area contributed by atoms with Crippen LogP contribution in [0.15, 0.2) is 36.4 Å². The van der Waals surface area contributed by atoms with Crippen molar-refractivity contribution in [2.75, 3.05) is 27.3 Å². The van der Waals surface area contributed by atoms with Gasteiger partial charge in [0.1, 0.15) is 5.52 Å². The lowest BCUT2D eigenvalue weighted by atomic mass is 10.1. The molecular weight excluding hydrogens is 439 g/mol. The Morgan fingerprint density at radius 2 is 1.84 bits per heavy atom. The van der Waals surface area contributed by atoms with E-state index in [1.807, 2.05) is 25.1 Å². The molecule has 1 heterocycles. The first kappa shape index (κ1) is 22.7. The van der Waals surface area contributed by atoms with Gasteiger partial charge in [0.2, 0.25) is 0 Å². The predicted molar refractivity (Wildman–Crippen MR) is 124 cm³/mol. The first-order valence-corrected chi connectivity index (χ1v) is 10.3. The molecule has 0 aliphatic carbocycles. The van der Waals surface area contributed by atoms with Crippen molar-refractivity contribution in [3.05, 3.63) is 57.7 Å². The molecule has 0 saturated carbocycles. The highest BCUT2D eigenvalue weighted by Gasteiger charge is 2.12. The van der Waals surface area contributed by atoms with Crippen molar-refractivity contribution in [1.29, 1.82) is 0 Å². The van der Waals surface area contributed by atoms with Gasteiger partial charge in [-0.3, -0.25) is 4.79 Å². The summed E-state index contributed by atoms with van der Waals surface area (Å²) in [5.41, 5.74) is 1.81. The number of aromatic hydroxyl groups is 1. The third kappa shape index (κ3) is 5.40. The van der Waals surface area contributed by atoms with Gasteiger partial charge < -0.3 is 19.5 Å². The Balaban J connectivity index is 1.85. The summed E-state index contributed by atoms with van der Waals surface area (Å²) >= 11 is 12.2. The van der Waals surface area contributed by atoms with Gasteiger partial charge in [-0.15, -0.1) is 0 Å². The molecular formula is C23H22Cl2N2O4. The number of fused-ring (bicyclic) bond motifs is 1. The number of likely N-dealkylation sites (N-methyl/N-ethyl adjacent to an activating group) is 1. The largest absolute Gasteiger partial charge is 0.504 e. The van der Waals surface area contributed by atoms with Gasteiger partial charge in [0, 0.05) is 19.5 Å². The van der Waals surface area contributed by atoms with E-state index < -0.39 is 0 Å². The van der Waals surface area contributed by atoms with E-state index in [9.17, 15) is 9.90 Å². The van der Waals surface area contributed by atoms with E-state index in [-0.39, 0.29) is 23.3 Å². The van der Waals surface area contributed by atoms with Crippen LogP contribution in [0.4, 0.5) is 0 Å². The Morgan fingerprint density at radius 1 is 1.06 bits per heavy atom. The van der Waals surface area contributed by atoms with E-state index in [0.717, 1.165) is 5.56 Å². The minimum absolute atomic E-state index is 0.0715. The Kier molecular flexibility index (Phi) is 7.25. The standard InChI is InChI=1S/C23H22Cl2N2O4/c1-4-30-20-11-14(6-10-19(20)31-13-21(28)27(2)3)5-7-15-8-9-16-17(24)12-18(25)23(29)22(16)26-15/h5-12,29H,4,13H2,1-3H3. The summed E-state index contributed by atoms with van der Waals surface area (Å²) in [5, 5.41) is 11.4. The van der Waals surface area contributed by atoms with Crippen LogP contribution in [0.2, 0.25) is 10.0 Å². The van der Waals surface area contributed by atoms with Gasteiger partial charge in [-0.05, 0) is 48.9 Å². The van der Waals surface area contributed by atoms with Crippen LogP contribution in [-0.4, -0.2) is 48.2 Å². The molecule has 1 aromatic heterocycles. The van der Waals surface area contributed by atoms with Gasteiger partial charge in [-0.2, -0.15) is 0 Å². The van der Waals surface area contributed by atoms with E-state index >= 15 is 0 Å². The van der Waals surface area contributed by atoms with Gasteiger partial charge in [-0.1, -0.05) is 35.3 Å². The van der Waals surface area contributed by atoms with E-state index in [0.29, 0.717) is 39.7 Å². The number of aromatic nitrogens is 1. The third-order valence-corrected chi connectivity index (χ3v) is 5.04. The maximum absolute atomic E-state index is 11.8. The molecule has 0 bridgehead atoms. The van der Waals surface area contributed by atoms with E-state index in [2.05, 4.69) is 4.98 Å². The number of phenols is 1. The number of rotatable bonds is 7. The van der Waals surface area contributed by atoms with Crippen LogP contribution < -0.4 is 9.47 Å². The Morgan fingerprint density at radius 3 is 2.55 bits per heavy atom. The number of amides is 1. The minimum atomic E-state index is -0.141. The van der Waals surface area contributed by atoms with Crippen molar-refractivity contribution >= 4 is 52.2 Å². The summed E-state index contributed by atoms with van der Waals surface area (Å²) < 4.78 is 11.3. The predicted octanol–water partition coefficient (Wildman–Crippen LogP) is 5.28. The molecule has 162 valence electrons. The SMILES string of the molecule is CCOc1cc(C=Cc2ccc3c(Cl)cc(Cl)c(O)c3n2)ccc1OCC(=O)N(C)C. The summed E-state index contributed by atoms with van der Waals surface area (Å²) in [5.74, 6) is 0.784. The molecule has 3 rings (SSSR count). The Labute approximate surface area is 190 Å². The number of nitrogens with zero attached hydrogens (tertiary/aromatic N) is 2. The van der Waals surface area contributed by atoms with Crippen molar-refractivity contribution in [2.45, 2.75) is 6.92 Å². The molecule has 0 saturated heterocycles. The summed E-state index contributed by atoms with van der Waals surface area (Å²) in [4.78, 5) is 17.7. The Hall–Kier alpha value is -2.96. The monoisotopic (exact) mass is 460 g/mol. The second-order valence-electron chi connectivity index (χ2n) is 6.87. The van der Waals surface area contributed by atoms with Gasteiger partial charge in [0.15, 0.2) is 23.9 Å². The van der Waals surface area contributed by atoms with Gasteiger partial charge in [0.25, 0.3) is 5.91 Å². The summed E-state index contributed by atoms with van der Waals surface area (Å²) in [6.45, 7) is 2.26. The molecule has 2 aromatic carbocycles. The molecule has 1 N–H and O–H groups in total. The summed E-state index contributed by atoms with van der Waals surface area (Å²) in [7, 11) is 3.34. The van der Waals surface area contributed by atoms with Crippen molar-refractivity contribution in [3.8, 4) is 17.2 Å². The fourth-order valence-corrected chi connectivity index (χ4v) is 3.29. The van der Waals surface area contributed by atoms with Crippen molar-refractivity contribution in [1.82, 2.24) is 9.88 Å². The molecule has 0 radical (unpaired) electrons. The van der Waals surface area contributed by atoms with Crippen LogP contribution >= 0.6 is 23.2 Å². The topological polar surface area (TPSA) is 71.9 Å². The molecule has 8 heteroatoms. The van der Waals surface area contributed by atoms with Gasteiger partial charge in [0.05, 0.1) is 22.3 Å². The lowest BCUT2D eigenvalue weighted by Gasteiger charge is -2.14. The van der Waals surface area contributed by atoms with Crippen molar-refractivity contribution < 1.29 is 19.4 Å². The van der Waals surface area contributed by atoms with Crippen LogP contribution in [0, 0.1) is 0 Å². The third-order valence-electron chi connectivity index (χ3n) is 4.44. The average Bonchev–Trinajstić information content (AvgIpc) is 2.75. The van der Waals surface area contributed by atoms with Gasteiger partial charge in [-0.25, -0.2) is 4.98 Å². The minimum Gasteiger partial charge on any atom is -0.504 e. The van der Waals surface area contributed by atoms with E-state index in [1.54, 1.807) is 38.4 Å². The van der Waals surface area contributed by atoms with Crippen LogP contribution in [0.1, 0.15) is 18.2 Å². The summed E-state index contributed by atoms with van der Waals surface area (Å²) in [6.07, 6.45) is 3.66.